The molecule has 1 fully saturated rings. The highest BCUT2D eigenvalue weighted by Crippen LogP contribution is 2.47. The first-order valence-corrected chi connectivity index (χ1v) is 26.6. The van der Waals surface area contributed by atoms with Crippen LogP contribution in [0.4, 0.5) is 0 Å². The molecule has 0 bridgehead atoms. The summed E-state index contributed by atoms with van der Waals surface area (Å²) >= 11 is 0. The van der Waals surface area contributed by atoms with Crippen LogP contribution in [0.15, 0.2) is 24.3 Å². The van der Waals surface area contributed by atoms with Crippen LogP contribution >= 0.6 is 7.82 Å². The zero-order valence-corrected chi connectivity index (χ0v) is 40.3. The number of rotatable bonds is 42. The van der Waals surface area contributed by atoms with Crippen molar-refractivity contribution in [2.45, 2.75) is 262 Å². The summed E-state index contributed by atoms with van der Waals surface area (Å²) in [5.41, 5.74) is 0. The topological polar surface area (TPSA) is 210 Å². The smallest absolute Gasteiger partial charge is 0.462 e. The quantitative estimate of drug-likeness (QED) is 0.0146. The molecule has 14 heteroatoms. The van der Waals surface area contributed by atoms with Crippen molar-refractivity contribution >= 4 is 19.8 Å². The van der Waals surface area contributed by atoms with Crippen LogP contribution in [0.25, 0.3) is 0 Å². The zero-order valence-electron chi connectivity index (χ0n) is 39.4. The van der Waals surface area contributed by atoms with E-state index in [1.165, 1.54) is 109 Å². The highest BCUT2D eigenvalue weighted by Gasteiger charge is 2.51. The van der Waals surface area contributed by atoms with Gasteiger partial charge in [-0.05, 0) is 64.2 Å². The van der Waals surface area contributed by atoms with Gasteiger partial charge in [-0.1, -0.05) is 167 Å². The summed E-state index contributed by atoms with van der Waals surface area (Å²) in [6.45, 7) is 3.30. The number of hydrogen-bond acceptors (Lipinski definition) is 12. The van der Waals surface area contributed by atoms with Crippen molar-refractivity contribution in [3.8, 4) is 0 Å². The molecule has 0 saturated heterocycles. The van der Waals surface area contributed by atoms with Crippen molar-refractivity contribution in [1.29, 1.82) is 0 Å². The molecule has 370 valence electrons. The summed E-state index contributed by atoms with van der Waals surface area (Å²) in [5.74, 6) is -1.11. The summed E-state index contributed by atoms with van der Waals surface area (Å²) in [4.78, 5) is 35.8. The normalized spacial score (nSPS) is 21.8. The van der Waals surface area contributed by atoms with Gasteiger partial charge in [-0.2, -0.15) is 0 Å². The molecule has 13 nitrogen and oxygen atoms in total. The van der Waals surface area contributed by atoms with Gasteiger partial charge in [0.2, 0.25) is 0 Å². The predicted molar refractivity (Wildman–Crippen MR) is 249 cm³/mol. The molecule has 63 heavy (non-hydrogen) atoms. The largest absolute Gasteiger partial charge is 0.472 e. The Morgan fingerprint density at radius 1 is 0.476 bits per heavy atom. The Hall–Kier alpha value is -1.67. The first-order chi connectivity index (χ1) is 30.4. The van der Waals surface area contributed by atoms with E-state index in [2.05, 4.69) is 38.2 Å². The van der Waals surface area contributed by atoms with Crippen LogP contribution < -0.4 is 0 Å². The van der Waals surface area contributed by atoms with Gasteiger partial charge in [0, 0.05) is 12.8 Å². The van der Waals surface area contributed by atoms with E-state index < -0.39 is 75.7 Å². The Kier molecular flexibility index (Phi) is 37.2. The van der Waals surface area contributed by atoms with Gasteiger partial charge in [0.25, 0.3) is 0 Å². The van der Waals surface area contributed by atoms with Gasteiger partial charge >= 0.3 is 19.8 Å². The second-order valence-electron chi connectivity index (χ2n) is 17.7. The molecule has 1 rings (SSSR count). The van der Waals surface area contributed by atoms with Gasteiger partial charge in [-0.15, -0.1) is 0 Å². The lowest BCUT2D eigenvalue weighted by Gasteiger charge is -2.41. The third-order valence-corrected chi connectivity index (χ3v) is 12.8. The fourth-order valence-electron chi connectivity index (χ4n) is 7.69. The van der Waals surface area contributed by atoms with Crippen molar-refractivity contribution in [2.24, 2.45) is 0 Å². The molecule has 0 aromatic rings. The van der Waals surface area contributed by atoms with Crippen molar-refractivity contribution in [3.05, 3.63) is 24.3 Å². The van der Waals surface area contributed by atoms with E-state index in [1.807, 2.05) is 0 Å². The number of hydrogen-bond donors (Lipinski definition) is 6. The van der Waals surface area contributed by atoms with Crippen molar-refractivity contribution in [2.75, 3.05) is 13.2 Å². The molecule has 0 heterocycles. The van der Waals surface area contributed by atoms with E-state index in [4.69, 9.17) is 18.5 Å². The van der Waals surface area contributed by atoms with E-state index in [0.717, 1.165) is 70.6 Å². The molecule has 0 aromatic heterocycles. The molecule has 8 atom stereocenters. The number of esters is 2. The maximum atomic E-state index is 12.8. The Labute approximate surface area is 381 Å². The number of unbranched alkanes of at least 4 members (excludes halogenated alkanes) is 26. The molecule has 0 aliphatic heterocycles. The highest BCUT2D eigenvalue weighted by atomic mass is 31.2. The minimum absolute atomic E-state index is 0.0921. The van der Waals surface area contributed by atoms with Gasteiger partial charge in [0.15, 0.2) is 6.10 Å². The third-order valence-electron chi connectivity index (χ3n) is 11.8. The van der Waals surface area contributed by atoms with Crippen molar-refractivity contribution < 1.29 is 63.1 Å². The van der Waals surface area contributed by atoms with Crippen LogP contribution in [0.2, 0.25) is 0 Å². The molecule has 6 unspecified atom stereocenters. The minimum Gasteiger partial charge on any atom is -0.462 e. The average Bonchev–Trinajstić information content (AvgIpc) is 3.26. The second-order valence-corrected chi connectivity index (χ2v) is 19.1. The third kappa shape index (κ3) is 31.8. The maximum absolute atomic E-state index is 12.8. The molecule has 1 aliphatic carbocycles. The summed E-state index contributed by atoms with van der Waals surface area (Å²) in [6.07, 6.45) is 30.8. The Balaban J connectivity index is 2.42. The molecular weight excluding hydrogens is 827 g/mol. The summed E-state index contributed by atoms with van der Waals surface area (Å²) in [6, 6.07) is 0. The molecule has 1 aliphatic rings. The molecule has 0 aromatic carbocycles. The summed E-state index contributed by atoms with van der Waals surface area (Å²) < 4.78 is 33.6. The number of ether oxygens (including phenoxy) is 2. The van der Waals surface area contributed by atoms with Gasteiger partial charge in [-0.3, -0.25) is 18.6 Å². The standard InChI is InChI=1S/C49H91O13P/c1-3-5-7-9-11-13-15-17-19-20-21-22-24-26-28-30-32-34-36-38-43(51)61-41(40-60-63(57,58)62-49-47(55)45(53)44(52)46(54)48(49)56)39-59-42(50)37-35-33-31-29-27-25-23-18-16-14-12-10-8-6-4-2/h18,20-21,23,41,44-49,52-56H,3-17,19,22,24-40H2,1-2H3,(H,57,58)/b21-20-,23-18-/t41-,44?,45-,46?,47?,48?,49?/m1/s1. The Morgan fingerprint density at radius 3 is 1.21 bits per heavy atom. The Bertz CT molecular complexity index is 1200. The summed E-state index contributed by atoms with van der Waals surface area (Å²) in [7, 11) is -5.12. The number of carbonyl (C=O) groups is 2. The predicted octanol–water partition coefficient (Wildman–Crippen LogP) is 10.4. The van der Waals surface area contributed by atoms with Crippen LogP contribution in [0.1, 0.15) is 219 Å². The molecular formula is C49H91O13P. The van der Waals surface area contributed by atoms with E-state index >= 15 is 0 Å². The second kappa shape index (κ2) is 39.5. The average molecular weight is 919 g/mol. The number of carbonyl (C=O) groups excluding carboxylic acids is 2. The molecule has 1 saturated carbocycles. The monoisotopic (exact) mass is 919 g/mol. The number of allylic oxidation sites excluding steroid dienone is 4. The van der Waals surface area contributed by atoms with Crippen LogP contribution in [-0.2, 0) is 32.7 Å². The van der Waals surface area contributed by atoms with Gasteiger partial charge < -0.3 is 39.9 Å². The van der Waals surface area contributed by atoms with Crippen LogP contribution in [-0.4, -0.2) is 98.3 Å². The number of phosphoric ester groups is 1. The Morgan fingerprint density at radius 2 is 0.810 bits per heavy atom. The van der Waals surface area contributed by atoms with Crippen molar-refractivity contribution in [1.82, 2.24) is 0 Å². The van der Waals surface area contributed by atoms with Gasteiger partial charge in [-0.25, -0.2) is 4.57 Å². The van der Waals surface area contributed by atoms with Gasteiger partial charge in [0.05, 0.1) is 6.61 Å². The molecule has 0 radical (unpaired) electrons. The lowest BCUT2D eigenvalue weighted by Crippen LogP contribution is -2.64. The van der Waals surface area contributed by atoms with E-state index in [0.29, 0.717) is 12.8 Å². The van der Waals surface area contributed by atoms with E-state index in [9.17, 15) is 44.6 Å². The van der Waals surface area contributed by atoms with Crippen LogP contribution in [0.5, 0.6) is 0 Å². The fraction of sp³-hybridized carbons (Fsp3) is 0.878. The minimum atomic E-state index is -5.12. The molecule has 0 amide bonds. The maximum Gasteiger partial charge on any atom is 0.472 e. The molecule has 6 N–H and O–H groups in total. The van der Waals surface area contributed by atoms with Gasteiger partial charge in [0.1, 0.15) is 43.2 Å². The molecule has 0 spiro atoms. The lowest BCUT2D eigenvalue weighted by atomic mass is 9.85. The first kappa shape index (κ1) is 59.3. The first-order valence-electron chi connectivity index (χ1n) is 25.1. The van der Waals surface area contributed by atoms with Crippen LogP contribution in [0.3, 0.4) is 0 Å². The number of aliphatic hydroxyl groups excluding tert-OH is 5. The van der Waals surface area contributed by atoms with E-state index in [1.54, 1.807) is 0 Å². The zero-order chi connectivity index (χ0) is 46.4. The van der Waals surface area contributed by atoms with E-state index in [-0.39, 0.29) is 12.8 Å². The van der Waals surface area contributed by atoms with Crippen LogP contribution in [0, 0.1) is 0 Å². The number of phosphoric acid groups is 1. The SMILES string of the molecule is CCCCCCCC/C=C\CCCCCCCC(=O)OC[C@H](COP(=O)(O)OC1C(O)C(O)C(O)[C@@H](O)C1O)OC(=O)CCCCCCCCC/C=C\CCCCCCCCCC. The highest BCUT2D eigenvalue weighted by molar-refractivity contribution is 7.47. The number of aliphatic hydroxyl groups is 5. The fourth-order valence-corrected chi connectivity index (χ4v) is 8.66. The summed E-state index contributed by atoms with van der Waals surface area (Å²) in [5, 5.41) is 50.2. The van der Waals surface area contributed by atoms with Crippen molar-refractivity contribution in [3.63, 3.8) is 0 Å². The lowest BCUT2D eigenvalue weighted by molar-refractivity contribution is -0.220.